The standard InChI is InChI=1S/C14H32N3.Ce/c1-11(2,15-9)13(5,6)17-14(7,8)12(3,4)16-10;/h15-16H,1-10H3;/q-1;+1. The molecule has 0 bridgehead atoms. The van der Waals surface area contributed by atoms with E-state index >= 15 is 0 Å². The summed E-state index contributed by atoms with van der Waals surface area (Å²) in [6.45, 7) is 18.5. The van der Waals surface area contributed by atoms with E-state index in [2.05, 4.69) is 66.9 Å². The maximum absolute atomic E-state index is 3.46. The van der Waals surface area contributed by atoms with Gasteiger partial charge in [0.25, 0.3) is 0 Å². The molecule has 0 aliphatic rings. The average Bonchev–Trinajstić information content (AvgIpc) is 2.27. The average molecular weight is 383 g/mol. The molecule has 0 aliphatic carbocycles. The molecule has 0 fully saturated rings. The van der Waals surface area contributed by atoms with Crippen LogP contribution in [0.1, 0.15) is 55.4 Å². The summed E-state index contributed by atoms with van der Waals surface area (Å²) >= 11 is 1.03. The van der Waals surface area contributed by atoms with E-state index < -0.39 is 0 Å². The topological polar surface area (TPSA) is 27.3 Å². The van der Waals surface area contributed by atoms with Gasteiger partial charge in [0.2, 0.25) is 0 Å². The van der Waals surface area contributed by atoms with Gasteiger partial charge in [0, 0.05) is 0 Å². The molecule has 0 saturated heterocycles. The minimum absolute atomic E-state index is 0.0653. The molecular weight excluding hydrogens is 350 g/mol. The number of nitrogens with one attached hydrogen (secondary N) is 2. The Labute approximate surface area is 142 Å². The van der Waals surface area contributed by atoms with E-state index in [9.17, 15) is 0 Å². The summed E-state index contributed by atoms with van der Waals surface area (Å²) in [5, 5.41) is 6.93. The number of nitrogens with zero attached hydrogens (tertiary/aromatic N) is 1. The first kappa shape index (κ1) is 19.3. The van der Waals surface area contributed by atoms with Crippen molar-refractivity contribution in [2.24, 2.45) is 0 Å². The Kier molecular flexibility index (Phi) is 6.35. The van der Waals surface area contributed by atoms with Crippen LogP contribution in [0.15, 0.2) is 0 Å². The van der Waals surface area contributed by atoms with Crippen LogP contribution >= 0.6 is 0 Å². The molecule has 0 unspecified atom stereocenters. The third kappa shape index (κ3) is 3.29. The predicted octanol–water partition coefficient (Wildman–Crippen LogP) is 2.31. The van der Waals surface area contributed by atoms with Crippen LogP contribution in [0.4, 0.5) is 0 Å². The Morgan fingerprint density at radius 3 is 1.06 bits per heavy atom. The van der Waals surface area contributed by atoms with Crippen LogP contribution < -0.4 is 10.6 Å². The van der Waals surface area contributed by atoms with Gasteiger partial charge in [0.05, 0.1) is 0 Å². The molecule has 0 aliphatic heterocycles. The summed E-state index contributed by atoms with van der Waals surface area (Å²) in [6.07, 6.45) is 0. The summed E-state index contributed by atoms with van der Waals surface area (Å²) in [5.41, 5.74) is 0.308. The van der Waals surface area contributed by atoms with Gasteiger partial charge in [-0.25, -0.2) is 0 Å². The van der Waals surface area contributed by atoms with Crippen LogP contribution in [0.2, 0.25) is 0 Å². The van der Waals surface area contributed by atoms with E-state index in [0.29, 0.717) is 0 Å². The monoisotopic (exact) mass is 382 g/mol. The molecule has 0 rings (SSSR count). The molecule has 0 radical (unpaired) electrons. The third-order valence-corrected chi connectivity index (χ3v) is 8.94. The van der Waals surface area contributed by atoms with Gasteiger partial charge in [-0.1, -0.05) is 0 Å². The molecule has 0 amide bonds. The summed E-state index contributed by atoms with van der Waals surface area (Å²) in [4.78, 5) is 0. The second-order valence-corrected chi connectivity index (χ2v) is 8.61. The van der Waals surface area contributed by atoms with Crippen LogP contribution in [0.5, 0.6) is 0 Å². The summed E-state index contributed by atoms with van der Waals surface area (Å²) in [6, 6.07) is 0. The van der Waals surface area contributed by atoms with E-state index in [1.807, 2.05) is 14.1 Å². The fourth-order valence-electron chi connectivity index (χ4n) is 1.87. The predicted molar refractivity (Wildman–Crippen MR) is 76.3 cm³/mol. The number of hydrogen-bond acceptors (Lipinski definition) is 3. The minimum atomic E-state index is 0.0653. The molecule has 0 saturated carbocycles. The van der Waals surface area contributed by atoms with Crippen LogP contribution in [0, 0.1) is 40.0 Å². The van der Waals surface area contributed by atoms with Gasteiger partial charge in [-0.2, -0.15) is 0 Å². The molecule has 0 aromatic rings. The van der Waals surface area contributed by atoms with Crippen molar-refractivity contribution in [3.8, 4) is 0 Å². The van der Waals surface area contributed by atoms with Crippen molar-refractivity contribution in [2.75, 3.05) is 14.1 Å². The normalized spacial score (nSPS) is 15.2. The zero-order chi connectivity index (χ0) is 15.0. The Hall–Kier alpha value is 1.26. The van der Waals surface area contributed by atoms with Crippen LogP contribution in [0.25, 0.3) is 0 Å². The Morgan fingerprint density at radius 2 is 0.889 bits per heavy atom. The van der Waals surface area contributed by atoms with Crippen LogP contribution in [-0.4, -0.2) is 37.1 Å². The van der Waals surface area contributed by atoms with Crippen molar-refractivity contribution in [3.63, 3.8) is 0 Å². The van der Waals surface area contributed by atoms with Gasteiger partial charge in [0.1, 0.15) is 0 Å². The zero-order valence-corrected chi connectivity index (χ0v) is 17.1. The third-order valence-electron chi connectivity index (χ3n) is 5.43. The van der Waals surface area contributed by atoms with Gasteiger partial charge in [-0.3, -0.25) is 0 Å². The fraction of sp³-hybridized carbons (Fsp3) is 1.00. The summed E-state index contributed by atoms with van der Waals surface area (Å²) in [5.74, 6) is 0. The first-order valence-corrected chi connectivity index (χ1v) is 8.08. The Morgan fingerprint density at radius 1 is 0.667 bits per heavy atom. The van der Waals surface area contributed by atoms with Gasteiger partial charge in [-0.05, 0) is 0 Å². The van der Waals surface area contributed by atoms with Crippen molar-refractivity contribution in [2.45, 2.75) is 77.5 Å². The van der Waals surface area contributed by atoms with E-state index in [4.69, 9.17) is 0 Å². The van der Waals surface area contributed by atoms with E-state index in [1.165, 1.54) is 0 Å². The molecule has 0 aromatic carbocycles. The van der Waals surface area contributed by atoms with E-state index in [1.54, 1.807) is 0 Å². The SMILES string of the molecule is CNC(C)(C)C(C)(C)[N]([Ce])C(C)(C)C(C)(C)NC. The number of rotatable bonds is 6. The molecule has 107 valence electrons. The number of likely N-dealkylation sites (N-methyl/N-ethyl adjacent to an activating group) is 2. The molecular formula is C14H32CeN3. The van der Waals surface area contributed by atoms with Crippen molar-refractivity contribution >= 4 is 0 Å². The second kappa shape index (κ2) is 5.94. The Balaban J connectivity index is 5.46. The van der Waals surface area contributed by atoms with Crippen molar-refractivity contribution in [1.82, 2.24) is 11.5 Å². The second-order valence-electron chi connectivity index (χ2n) is 7.20. The zero-order valence-electron chi connectivity index (χ0n) is 13.9. The molecule has 3 nitrogen and oxygen atoms in total. The van der Waals surface area contributed by atoms with E-state index in [-0.39, 0.29) is 22.2 Å². The van der Waals surface area contributed by atoms with Crippen LogP contribution in [0.3, 0.4) is 0 Å². The quantitative estimate of drug-likeness (QED) is 0.738. The first-order valence-electron chi connectivity index (χ1n) is 6.67. The molecule has 2 N–H and O–H groups in total. The molecule has 0 heterocycles. The van der Waals surface area contributed by atoms with Gasteiger partial charge >= 0.3 is 143 Å². The van der Waals surface area contributed by atoms with Gasteiger partial charge in [0.15, 0.2) is 0 Å². The molecule has 0 spiro atoms. The molecule has 18 heavy (non-hydrogen) atoms. The van der Waals surface area contributed by atoms with Gasteiger partial charge in [-0.15, -0.1) is 0 Å². The Bertz CT molecular complexity index is 255. The van der Waals surface area contributed by atoms with Gasteiger partial charge < -0.3 is 0 Å². The fourth-order valence-corrected chi connectivity index (χ4v) is 3.62. The molecule has 0 atom stereocenters. The molecule has 0 aromatic heterocycles. The van der Waals surface area contributed by atoms with Crippen LogP contribution in [-0.2, 0) is 0 Å². The summed E-state index contributed by atoms with van der Waals surface area (Å²) in [7, 11) is 4.10. The van der Waals surface area contributed by atoms with E-state index in [0.717, 1.165) is 40.0 Å². The first-order chi connectivity index (χ1) is 7.78. The summed E-state index contributed by atoms with van der Waals surface area (Å²) < 4.78 is 2.62. The van der Waals surface area contributed by atoms with Crippen molar-refractivity contribution in [1.29, 1.82) is 0 Å². The maximum atomic E-state index is 3.46. The van der Waals surface area contributed by atoms with Crippen molar-refractivity contribution in [3.05, 3.63) is 0 Å². The number of hydrogen-bond donors (Lipinski definition) is 2. The molecule has 4 heteroatoms. The van der Waals surface area contributed by atoms with Crippen molar-refractivity contribution < 1.29 is 40.0 Å².